The maximum Gasteiger partial charge on any atom is 0.0428 e. The zero-order valence-electron chi connectivity index (χ0n) is 9.07. The van der Waals surface area contributed by atoms with Crippen molar-refractivity contribution in [3.8, 4) is 0 Å². The molecular weight excluding hydrogens is 214 g/mol. The van der Waals surface area contributed by atoms with E-state index in [2.05, 4.69) is 47.8 Å². The molecule has 1 aliphatic rings. The lowest BCUT2D eigenvalue weighted by atomic mass is 10.0. The number of fused-ring (bicyclic) bond motifs is 1. The van der Waals surface area contributed by atoms with Gasteiger partial charge >= 0.3 is 0 Å². The fourth-order valence-electron chi connectivity index (χ4n) is 2.09. The summed E-state index contributed by atoms with van der Waals surface area (Å²) in [6, 6.07) is 16.4. The van der Waals surface area contributed by atoms with Gasteiger partial charge in [-0.2, -0.15) is 11.8 Å². The van der Waals surface area contributed by atoms with Crippen molar-refractivity contribution in [1.82, 2.24) is 5.32 Å². The normalized spacial score (nSPS) is 21.1. The van der Waals surface area contributed by atoms with Gasteiger partial charge in [0, 0.05) is 24.1 Å². The Labute approximate surface area is 100 Å². The predicted molar refractivity (Wildman–Crippen MR) is 70.9 cm³/mol. The van der Waals surface area contributed by atoms with E-state index in [-0.39, 0.29) is 0 Å². The first-order valence-electron chi connectivity index (χ1n) is 5.67. The summed E-state index contributed by atoms with van der Waals surface area (Å²) in [5.41, 5.74) is 1.33. The van der Waals surface area contributed by atoms with E-state index in [1.165, 1.54) is 22.1 Å². The molecule has 0 spiro atoms. The zero-order valence-corrected chi connectivity index (χ0v) is 9.89. The van der Waals surface area contributed by atoms with Gasteiger partial charge in [-0.3, -0.25) is 0 Å². The van der Waals surface area contributed by atoms with E-state index in [1.807, 2.05) is 11.8 Å². The fraction of sp³-hybridized carbons (Fsp3) is 0.286. The number of benzene rings is 2. The van der Waals surface area contributed by atoms with Gasteiger partial charge in [0.1, 0.15) is 0 Å². The third-order valence-electron chi connectivity index (χ3n) is 2.96. The SMILES string of the molecule is [c]1c(C2CNCCS2)ccc2ccccc12. The minimum atomic E-state index is 0.568. The molecule has 3 rings (SSSR count). The summed E-state index contributed by atoms with van der Waals surface area (Å²) >= 11 is 2.03. The van der Waals surface area contributed by atoms with E-state index in [0.29, 0.717) is 5.25 Å². The van der Waals surface area contributed by atoms with Gasteiger partial charge in [0.15, 0.2) is 0 Å². The highest BCUT2D eigenvalue weighted by Crippen LogP contribution is 2.31. The van der Waals surface area contributed by atoms with Crippen LogP contribution in [0.5, 0.6) is 0 Å². The van der Waals surface area contributed by atoms with Crippen molar-refractivity contribution in [2.24, 2.45) is 0 Å². The summed E-state index contributed by atoms with van der Waals surface area (Å²) in [5.74, 6) is 1.20. The third-order valence-corrected chi connectivity index (χ3v) is 4.22. The molecule has 1 nitrogen and oxygen atoms in total. The first-order valence-corrected chi connectivity index (χ1v) is 6.72. The van der Waals surface area contributed by atoms with Crippen LogP contribution >= 0.6 is 11.8 Å². The highest BCUT2D eigenvalue weighted by molar-refractivity contribution is 7.99. The molecule has 0 bridgehead atoms. The van der Waals surface area contributed by atoms with Crippen molar-refractivity contribution in [3.05, 3.63) is 48.0 Å². The molecular formula is C14H14NS. The molecule has 0 amide bonds. The number of nitrogens with one attached hydrogen (secondary N) is 1. The summed E-state index contributed by atoms with van der Waals surface area (Å²) in [6.07, 6.45) is 0. The standard InChI is InChI=1S/C14H14NS/c1-2-4-12-9-13(6-5-11(12)3-1)14-10-15-7-8-16-14/h1-6,14-15H,7-8,10H2. The predicted octanol–water partition coefficient (Wildman–Crippen LogP) is 3.02. The largest absolute Gasteiger partial charge is 0.314 e. The van der Waals surface area contributed by atoms with E-state index in [9.17, 15) is 0 Å². The minimum Gasteiger partial charge on any atom is -0.314 e. The van der Waals surface area contributed by atoms with Crippen LogP contribution in [-0.2, 0) is 0 Å². The molecule has 2 heteroatoms. The van der Waals surface area contributed by atoms with Crippen LogP contribution in [0.4, 0.5) is 0 Å². The van der Waals surface area contributed by atoms with Crippen molar-refractivity contribution in [3.63, 3.8) is 0 Å². The van der Waals surface area contributed by atoms with Crippen LogP contribution in [0.3, 0.4) is 0 Å². The van der Waals surface area contributed by atoms with Crippen molar-refractivity contribution < 1.29 is 0 Å². The lowest BCUT2D eigenvalue weighted by Gasteiger charge is -2.22. The molecule has 1 aliphatic heterocycles. The highest BCUT2D eigenvalue weighted by Gasteiger charge is 2.15. The molecule has 1 fully saturated rings. The maximum atomic E-state index is 3.54. The molecule has 0 aromatic heterocycles. The van der Waals surface area contributed by atoms with E-state index in [4.69, 9.17) is 0 Å². The van der Waals surface area contributed by atoms with Gasteiger partial charge in [-0.25, -0.2) is 0 Å². The van der Waals surface area contributed by atoms with Crippen LogP contribution in [-0.4, -0.2) is 18.8 Å². The molecule has 1 radical (unpaired) electrons. The van der Waals surface area contributed by atoms with E-state index in [1.54, 1.807) is 0 Å². The van der Waals surface area contributed by atoms with Gasteiger partial charge in [0.2, 0.25) is 0 Å². The first kappa shape index (κ1) is 10.2. The average Bonchev–Trinajstić information content (AvgIpc) is 2.39. The molecule has 1 N–H and O–H groups in total. The summed E-state index contributed by atoms with van der Waals surface area (Å²) in [4.78, 5) is 0. The average molecular weight is 228 g/mol. The number of thioether (sulfide) groups is 1. The third kappa shape index (κ3) is 1.95. The summed E-state index contributed by atoms with van der Waals surface area (Å²) < 4.78 is 0. The van der Waals surface area contributed by atoms with Crippen LogP contribution in [0.25, 0.3) is 10.8 Å². The quantitative estimate of drug-likeness (QED) is 0.805. The fourth-order valence-corrected chi connectivity index (χ4v) is 3.19. The topological polar surface area (TPSA) is 12.0 Å². The van der Waals surface area contributed by atoms with Crippen LogP contribution in [0, 0.1) is 6.07 Å². The number of rotatable bonds is 1. The first-order chi connectivity index (χ1) is 7.93. The van der Waals surface area contributed by atoms with Crippen molar-refractivity contribution in [2.75, 3.05) is 18.8 Å². The molecule has 16 heavy (non-hydrogen) atoms. The number of hydrogen-bond donors (Lipinski definition) is 1. The molecule has 0 aliphatic carbocycles. The van der Waals surface area contributed by atoms with Crippen LogP contribution in [0.2, 0.25) is 0 Å². The van der Waals surface area contributed by atoms with Gasteiger partial charge in [0.05, 0.1) is 0 Å². The van der Waals surface area contributed by atoms with Gasteiger partial charge in [-0.05, 0) is 22.4 Å². The van der Waals surface area contributed by atoms with Gasteiger partial charge in [-0.15, -0.1) is 0 Å². The Balaban J connectivity index is 1.97. The van der Waals surface area contributed by atoms with Gasteiger partial charge < -0.3 is 5.32 Å². The highest BCUT2D eigenvalue weighted by atomic mass is 32.2. The zero-order chi connectivity index (χ0) is 10.8. The van der Waals surface area contributed by atoms with Crippen molar-refractivity contribution >= 4 is 22.5 Å². The molecule has 2 aromatic carbocycles. The van der Waals surface area contributed by atoms with E-state index < -0.39 is 0 Å². The minimum absolute atomic E-state index is 0.568. The number of hydrogen-bond acceptors (Lipinski definition) is 2. The Bertz CT molecular complexity index is 489. The Morgan fingerprint density at radius 1 is 1.19 bits per heavy atom. The van der Waals surface area contributed by atoms with Crippen LogP contribution < -0.4 is 5.32 Å². The summed E-state index contributed by atoms with van der Waals surface area (Å²) in [6.45, 7) is 2.20. The lowest BCUT2D eigenvalue weighted by molar-refractivity contribution is 0.689. The molecule has 1 heterocycles. The Kier molecular flexibility index (Phi) is 2.85. The molecule has 1 atom stereocenters. The smallest absolute Gasteiger partial charge is 0.0428 e. The van der Waals surface area contributed by atoms with Crippen LogP contribution in [0.15, 0.2) is 36.4 Å². The second-order valence-electron chi connectivity index (χ2n) is 4.06. The molecule has 1 unspecified atom stereocenters. The van der Waals surface area contributed by atoms with Crippen molar-refractivity contribution in [2.45, 2.75) is 5.25 Å². The Morgan fingerprint density at radius 2 is 2.12 bits per heavy atom. The summed E-state index contributed by atoms with van der Waals surface area (Å²) in [7, 11) is 0. The van der Waals surface area contributed by atoms with Crippen LogP contribution in [0.1, 0.15) is 10.8 Å². The second kappa shape index (κ2) is 4.48. The van der Waals surface area contributed by atoms with Crippen molar-refractivity contribution in [1.29, 1.82) is 0 Å². The lowest BCUT2D eigenvalue weighted by Crippen LogP contribution is -2.28. The van der Waals surface area contributed by atoms with Gasteiger partial charge in [-0.1, -0.05) is 36.4 Å². The Hall–Kier alpha value is -0.990. The Morgan fingerprint density at radius 3 is 3.00 bits per heavy atom. The second-order valence-corrected chi connectivity index (χ2v) is 5.38. The molecule has 2 aromatic rings. The monoisotopic (exact) mass is 228 g/mol. The molecule has 81 valence electrons. The molecule has 0 saturated carbocycles. The van der Waals surface area contributed by atoms with E-state index >= 15 is 0 Å². The van der Waals surface area contributed by atoms with Gasteiger partial charge in [0.25, 0.3) is 0 Å². The van der Waals surface area contributed by atoms with E-state index in [0.717, 1.165) is 13.1 Å². The summed E-state index contributed by atoms with van der Waals surface area (Å²) in [5, 5.41) is 6.51. The molecule has 1 saturated heterocycles. The maximum absolute atomic E-state index is 3.54.